The Morgan fingerprint density at radius 3 is 2.61 bits per heavy atom. The molecule has 7 heteroatoms. The summed E-state index contributed by atoms with van der Waals surface area (Å²) in [5.41, 5.74) is 2.37. The van der Waals surface area contributed by atoms with Crippen LogP contribution in [0.1, 0.15) is 0 Å². The second-order valence-corrected chi connectivity index (χ2v) is 5.19. The van der Waals surface area contributed by atoms with Gasteiger partial charge in [0.05, 0.1) is 17.5 Å². The van der Waals surface area contributed by atoms with E-state index in [1.165, 1.54) is 0 Å². The first-order valence-electron chi connectivity index (χ1n) is 7.09. The third-order valence-electron chi connectivity index (χ3n) is 3.22. The number of alkyl halides is 1. The molecular weight excluding hydrogens is 316 g/mol. The van der Waals surface area contributed by atoms with Crippen LogP contribution in [0.4, 0.5) is 5.69 Å². The number of anilines is 1. The third kappa shape index (κ3) is 3.67. The Balaban J connectivity index is 1.86. The smallest absolute Gasteiger partial charge is 0.250 e. The Morgan fingerprint density at radius 2 is 1.83 bits per heavy atom. The zero-order valence-corrected chi connectivity index (χ0v) is 12.9. The fraction of sp³-hybridized carbons (Fsp3) is 0.188. The van der Waals surface area contributed by atoms with Gasteiger partial charge in [0.25, 0.3) is 0 Å². The summed E-state index contributed by atoms with van der Waals surface area (Å²) in [4.78, 5) is 3.96. The second-order valence-electron chi connectivity index (χ2n) is 4.88. The van der Waals surface area contributed by atoms with Crippen molar-refractivity contribution in [3.05, 3.63) is 48.8 Å². The van der Waals surface area contributed by atoms with Crippen LogP contribution in [0.2, 0.25) is 0 Å². The van der Waals surface area contributed by atoms with E-state index in [0.717, 1.165) is 16.8 Å². The highest BCUT2D eigenvalue weighted by Gasteiger charge is 2.14. The number of halogens is 1. The lowest BCUT2D eigenvalue weighted by molar-refractivity contribution is 0.211. The van der Waals surface area contributed by atoms with E-state index in [1.54, 1.807) is 24.5 Å². The minimum atomic E-state index is -0.625. The van der Waals surface area contributed by atoms with Gasteiger partial charge in [0, 0.05) is 30.2 Å². The lowest BCUT2D eigenvalue weighted by Crippen LogP contribution is -2.21. The number of nitrogens with one attached hydrogen (secondary N) is 1. The number of para-hydroxylation sites is 1. The van der Waals surface area contributed by atoms with Gasteiger partial charge in [-0.3, -0.25) is 4.98 Å². The first kappa shape index (κ1) is 15.5. The van der Waals surface area contributed by atoms with E-state index in [-0.39, 0.29) is 5.88 Å². The fourth-order valence-corrected chi connectivity index (χ4v) is 2.16. The molecule has 2 heterocycles. The predicted octanol–water partition coefficient (Wildman–Crippen LogP) is 2.81. The van der Waals surface area contributed by atoms with E-state index in [2.05, 4.69) is 20.5 Å². The number of aliphatic hydroxyl groups excluding tert-OH is 1. The largest absolute Gasteiger partial charge is 0.416 e. The van der Waals surface area contributed by atoms with E-state index < -0.39 is 6.10 Å². The number of pyridine rings is 1. The van der Waals surface area contributed by atoms with Crippen molar-refractivity contribution in [2.75, 3.05) is 17.7 Å². The van der Waals surface area contributed by atoms with Crippen molar-refractivity contribution in [3.8, 4) is 22.9 Å². The summed E-state index contributed by atoms with van der Waals surface area (Å²) < 4.78 is 5.75. The number of rotatable bonds is 6. The van der Waals surface area contributed by atoms with Gasteiger partial charge in [0.2, 0.25) is 11.8 Å². The number of benzene rings is 1. The van der Waals surface area contributed by atoms with Crippen molar-refractivity contribution >= 4 is 17.3 Å². The van der Waals surface area contributed by atoms with Crippen molar-refractivity contribution in [1.29, 1.82) is 0 Å². The molecule has 23 heavy (non-hydrogen) atoms. The maximum Gasteiger partial charge on any atom is 0.250 e. The van der Waals surface area contributed by atoms with Crippen LogP contribution in [0.5, 0.6) is 0 Å². The van der Waals surface area contributed by atoms with Gasteiger partial charge in [-0.15, -0.1) is 21.8 Å². The Kier molecular flexibility index (Phi) is 4.85. The minimum Gasteiger partial charge on any atom is -0.416 e. The van der Waals surface area contributed by atoms with E-state index in [9.17, 15) is 5.11 Å². The van der Waals surface area contributed by atoms with Crippen LogP contribution in [0, 0.1) is 0 Å². The number of hydrogen-bond donors (Lipinski definition) is 2. The first-order valence-corrected chi connectivity index (χ1v) is 7.62. The van der Waals surface area contributed by atoms with Crippen molar-refractivity contribution in [2.45, 2.75) is 6.10 Å². The normalized spacial score (nSPS) is 12.1. The molecule has 0 aliphatic carbocycles. The summed E-state index contributed by atoms with van der Waals surface area (Å²) in [7, 11) is 0. The Bertz CT molecular complexity index is 764. The zero-order chi connectivity index (χ0) is 16.1. The summed E-state index contributed by atoms with van der Waals surface area (Å²) in [6.45, 7) is 0.339. The molecule has 3 rings (SSSR count). The van der Waals surface area contributed by atoms with Crippen molar-refractivity contribution in [2.24, 2.45) is 0 Å². The maximum atomic E-state index is 9.58. The molecule has 2 aromatic heterocycles. The zero-order valence-electron chi connectivity index (χ0n) is 12.2. The number of nitrogens with zero attached hydrogens (tertiary/aromatic N) is 3. The molecule has 2 N–H and O–H groups in total. The van der Waals surface area contributed by atoms with Gasteiger partial charge in [-0.1, -0.05) is 12.1 Å². The van der Waals surface area contributed by atoms with Crippen molar-refractivity contribution in [1.82, 2.24) is 15.2 Å². The van der Waals surface area contributed by atoms with E-state index in [1.807, 2.05) is 24.3 Å². The molecule has 1 aromatic carbocycles. The third-order valence-corrected chi connectivity index (χ3v) is 3.57. The van der Waals surface area contributed by atoms with E-state index >= 15 is 0 Å². The van der Waals surface area contributed by atoms with Crippen LogP contribution in [-0.4, -0.2) is 38.8 Å². The average molecular weight is 331 g/mol. The van der Waals surface area contributed by atoms with Crippen molar-refractivity contribution in [3.63, 3.8) is 0 Å². The molecule has 6 nitrogen and oxygen atoms in total. The predicted molar refractivity (Wildman–Crippen MR) is 88.2 cm³/mol. The summed E-state index contributed by atoms with van der Waals surface area (Å²) in [6, 6.07) is 11.1. The highest BCUT2D eigenvalue weighted by molar-refractivity contribution is 6.18. The quantitative estimate of drug-likeness (QED) is 0.676. The molecule has 0 fully saturated rings. The molecule has 1 unspecified atom stereocenters. The molecular formula is C16H15ClN4O2. The van der Waals surface area contributed by atoms with E-state index in [0.29, 0.717) is 18.3 Å². The molecule has 3 aromatic rings. The molecule has 118 valence electrons. The van der Waals surface area contributed by atoms with Crippen LogP contribution in [-0.2, 0) is 0 Å². The standard InChI is InChI=1S/C16H15ClN4O2/c17-9-12(22)10-19-14-4-2-1-3-13(14)16-21-20-15(23-16)11-5-7-18-8-6-11/h1-8,12,19,22H,9-10H2. The second kappa shape index (κ2) is 7.21. The van der Waals surface area contributed by atoms with Gasteiger partial charge in [0.15, 0.2) is 0 Å². The minimum absolute atomic E-state index is 0.169. The molecule has 0 bridgehead atoms. The van der Waals surface area contributed by atoms with Crippen LogP contribution in [0.3, 0.4) is 0 Å². The molecule has 0 aliphatic rings. The van der Waals surface area contributed by atoms with Crippen LogP contribution >= 0.6 is 11.6 Å². The molecule has 1 atom stereocenters. The molecule has 0 saturated heterocycles. The monoisotopic (exact) mass is 330 g/mol. The van der Waals surface area contributed by atoms with Gasteiger partial charge in [-0.2, -0.15) is 0 Å². The van der Waals surface area contributed by atoms with Gasteiger partial charge >= 0.3 is 0 Å². The summed E-state index contributed by atoms with van der Waals surface area (Å²) >= 11 is 5.61. The Hall–Kier alpha value is -2.44. The lowest BCUT2D eigenvalue weighted by Gasteiger charge is -2.12. The Labute approximate surface area is 138 Å². The SMILES string of the molecule is OC(CCl)CNc1ccccc1-c1nnc(-c2ccncc2)o1. The lowest BCUT2D eigenvalue weighted by atomic mass is 10.1. The van der Waals surface area contributed by atoms with E-state index in [4.69, 9.17) is 16.0 Å². The molecule has 0 amide bonds. The number of hydrogen-bond acceptors (Lipinski definition) is 6. The summed E-state index contributed by atoms with van der Waals surface area (Å²) in [6.07, 6.45) is 2.71. The number of aliphatic hydroxyl groups is 1. The molecule has 0 aliphatic heterocycles. The van der Waals surface area contributed by atoms with Crippen LogP contribution in [0.25, 0.3) is 22.9 Å². The summed E-state index contributed by atoms with van der Waals surface area (Å²) in [5.74, 6) is 1.00. The Morgan fingerprint density at radius 1 is 1.09 bits per heavy atom. The summed E-state index contributed by atoms with van der Waals surface area (Å²) in [5, 5.41) is 20.9. The highest BCUT2D eigenvalue weighted by Crippen LogP contribution is 2.29. The van der Waals surface area contributed by atoms with Gasteiger partial charge in [0.1, 0.15) is 0 Å². The van der Waals surface area contributed by atoms with Gasteiger partial charge in [-0.25, -0.2) is 0 Å². The molecule has 0 radical (unpaired) electrons. The highest BCUT2D eigenvalue weighted by atomic mass is 35.5. The van der Waals surface area contributed by atoms with Gasteiger partial charge < -0.3 is 14.8 Å². The molecule has 0 spiro atoms. The maximum absolute atomic E-state index is 9.58. The topological polar surface area (TPSA) is 84.1 Å². The van der Waals surface area contributed by atoms with Crippen molar-refractivity contribution < 1.29 is 9.52 Å². The number of aromatic nitrogens is 3. The fourth-order valence-electron chi connectivity index (χ4n) is 2.05. The first-order chi connectivity index (χ1) is 11.3. The van der Waals surface area contributed by atoms with Crippen LogP contribution in [0.15, 0.2) is 53.2 Å². The van der Waals surface area contributed by atoms with Crippen LogP contribution < -0.4 is 5.32 Å². The van der Waals surface area contributed by atoms with Gasteiger partial charge in [-0.05, 0) is 24.3 Å². The average Bonchev–Trinajstić information content (AvgIpc) is 3.10. The molecule has 0 saturated carbocycles.